The maximum Gasteiger partial charge on any atom is 0.292 e. The Hall–Kier alpha value is -2.03. The number of hydrogen-bond acceptors (Lipinski definition) is 5. The zero-order valence-electron chi connectivity index (χ0n) is 12.6. The lowest BCUT2D eigenvalue weighted by molar-refractivity contribution is -0.117. The Labute approximate surface area is 138 Å². The SMILES string of the molecule is CNS(=O)(=O)c1ccc(CNC(=O)C(=O)c2ccc(C)cc2)s1. The third kappa shape index (κ3) is 4.25. The summed E-state index contributed by atoms with van der Waals surface area (Å²) in [5.74, 6) is -1.34. The lowest BCUT2D eigenvalue weighted by Gasteiger charge is -2.03. The molecule has 6 nitrogen and oxygen atoms in total. The molecule has 0 saturated carbocycles. The molecule has 2 N–H and O–H groups in total. The molecule has 1 aromatic heterocycles. The molecule has 0 aliphatic rings. The van der Waals surface area contributed by atoms with Crippen LogP contribution >= 0.6 is 11.3 Å². The number of rotatable bonds is 6. The predicted molar refractivity (Wildman–Crippen MR) is 87.9 cm³/mol. The Morgan fingerprint density at radius 1 is 1.09 bits per heavy atom. The number of carbonyl (C=O) groups excluding carboxylic acids is 2. The number of sulfonamides is 1. The Bertz CT molecular complexity index is 823. The summed E-state index contributed by atoms with van der Waals surface area (Å²) in [4.78, 5) is 24.5. The third-order valence-corrected chi connectivity index (χ3v) is 6.11. The van der Waals surface area contributed by atoms with Crippen LogP contribution in [-0.2, 0) is 21.4 Å². The summed E-state index contributed by atoms with van der Waals surface area (Å²) >= 11 is 1.04. The topological polar surface area (TPSA) is 92.3 Å². The number of hydrogen-bond donors (Lipinski definition) is 2. The lowest BCUT2D eigenvalue weighted by atomic mass is 10.1. The fourth-order valence-electron chi connectivity index (χ4n) is 1.78. The molecule has 2 aromatic rings. The molecule has 1 aromatic carbocycles. The average molecular weight is 352 g/mol. The van der Waals surface area contributed by atoms with Gasteiger partial charge < -0.3 is 5.32 Å². The van der Waals surface area contributed by atoms with Crippen LogP contribution in [0.25, 0.3) is 0 Å². The van der Waals surface area contributed by atoms with Gasteiger partial charge in [-0.2, -0.15) is 0 Å². The van der Waals surface area contributed by atoms with E-state index < -0.39 is 21.7 Å². The van der Waals surface area contributed by atoms with Gasteiger partial charge in [-0.15, -0.1) is 11.3 Å². The molecule has 1 amide bonds. The van der Waals surface area contributed by atoms with E-state index >= 15 is 0 Å². The maximum absolute atomic E-state index is 12.0. The van der Waals surface area contributed by atoms with E-state index in [4.69, 9.17) is 0 Å². The number of carbonyl (C=O) groups is 2. The van der Waals surface area contributed by atoms with Crippen molar-refractivity contribution in [3.05, 3.63) is 52.4 Å². The first-order chi connectivity index (χ1) is 10.8. The molecule has 122 valence electrons. The van der Waals surface area contributed by atoms with Gasteiger partial charge in [0.25, 0.3) is 5.91 Å². The van der Waals surface area contributed by atoms with Gasteiger partial charge in [0.1, 0.15) is 4.21 Å². The van der Waals surface area contributed by atoms with Crippen molar-refractivity contribution < 1.29 is 18.0 Å². The Morgan fingerprint density at radius 2 is 1.74 bits per heavy atom. The van der Waals surface area contributed by atoms with E-state index in [1.54, 1.807) is 30.3 Å². The number of benzene rings is 1. The van der Waals surface area contributed by atoms with Crippen molar-refractivity contribution in [1.29, 1.82) is 0 Å². The summed E-state index contributed by atoms with van der Waals surface area (Å²) in [6, 6.07) is 9.77. The van der Waals surface area contributed by atoms with Gasteiger partial charge in [0.05, 0.1) is 6.54 Å². The Morgan fingerprint density at radius 3 is 2.35 bits per heavy atom. The second-order valence-corrected chi connectivity index (χ2v) is 8.09. The molecule has 0 radical (unpaired) electrons. The van der Waals surface area contributed by atoms with Gasteiger partial charge in [0.2, 0.25) is 15.8 Å². The van der Waals surface area contributed by atoms with E-state index in [9.17, 15) is 18.0 Å². The first kappa shape index (κ1) is 17.3. The highest BCUT2D eigenvalue weighted by Crippen LogP contribution is 2.21. The summed E-state index contributed by atoms with van der Waals surface area (Å²) in [5, 5.41) is 2.50. The number of aryl methyl sites for hydroxylation is 1. The quantitative estimate of drug-likeness (QED) is 0.608. The molecule has 0 saturated heterocycles. The molecule has 2 rings (SSSR count). The molecule has 0 atom stereocenters. The van der Waals surface area contributed by atoms with E-state index in [1.165, 1.54) is 13.1 Å². The van der Waals surface area contributed by atoms with Crippen molar-refractivity contribution in [3.8, 4) is 0 Å². The van der Waals surface area contributed by atoms with Crippen LogP contribution in [0.15, 0.2) is 40.6 Å². The molecule has 0 spiro atoms. The first-order valence-corrected chi connectivity index (χ1v) is 9.05. The molecule has 1 heterocycles. The molecule has 0 aliphatic heterocycles. The van der Waals surface area contributed by atoms with Crippen LogP contribution in [0.4, 0.5) is 0 Å². The van der Waals surface area contributed by atoms with Crippen molar-refractivity contribution in [2.45, 2.75) is 17.7 Å². The van der Waals surface area contributed by atoms with Gasteiger partial charge in [-0.3, -0.25) is 9.59 Å². The van der Waals surface area contributed by atoms with Gasteiger partial charge in [-0.1, -0.05) is 29.8 Å². The van der Waals surface area contributed by atoms with Crippen LogP contribution in [0.5, 0.6) is 0 Å². The van der Waals surface area contributed by atoms with Crippen LogP contribution in [0.3, 0.4) is 0 Å². The van der Waals surface area contributed by atoms with Crippen LogP contribution in [0, 0.1) is 6.92 Å². The highest BCUT2D eigenvalue weighted by molar-refractivity contribution is 7.91. The predicted octanol–water partition coefficient (Wildman–Crippen LogP) is 1.46. The van der Waals surface area contributed by atoms with E-state index in [1.807, 2.05) is 6.92 Å². The van der Waals surface area contributed by atoms with Crippen molar-refractivity contribution in [3.63, 3.8) is 0 Å². The Kier molecular flexibility index (Phi) is 5.30. The molecule has 8 heteroatoms. The number of ketones is 1. The van der Waals surface area contributed by atoms with Gasteiger partial charge >= 0.3 is 0 Å². The monoisotopic (exact) mass is 352 g/mol. The summed E-state index contributed by atoms with van der Waals surface area (Å²) < 4.78 is 25.6. The van der Waals surface area contributed by atoms with Crippen molar-refractivity contribution in [1.82, 2.24) is 10.0 Å². The molecule has 0 fully saturated rings. The van der Waals surface area contributed by atoms with Crippen LogP contribution in [-0.4, -0.2) is 27.2 Å². The largest absolute Gasteiger partial charge is 0.344 e. The zero-order valence-corrected chi connectivity index (χ0v) is 14.3. The minimum atomic E-state index is -3.49. The van der Waals surface area contributed by atoms with E-state index in [0.29, 0.717) is 10.4 Å². The average Bonchev–Trinajstić information content (AvgIpc) is 3.02. The zero-order chi connectivity index (χ0) is 17.0. The number of amides is 1. The third-order valence-electron chi connectivity index (χ3n) is 3.11. The van der Waals surface area contributed by atoms with Gasteiger partial charge in [0.15, 0.2) is 0 Å². The highest BCUT2D eigenvalue weighted by Gasteiger charge is 2.17. The van der Waals surface area contributed by atoms with Crippen molar-refractivity contribution >= 4 is 33.1 Å². The minimum Gasteiger partial charge on any atom is -0.344 e. The summed E-state index contributed by atoms with van der Waals surface area (Å²) in [7, 11) is -2.16. The minimum absolute atomic E-state index is 0.0976. The smallest absolute Gasteiger partial charge is 0.292 e. The summed E-state index contributed by atoms with van der Waals surface area (Å²) in [6.45, 7) is 1.99. The van der Waals surface area contributed by atoms with Gasteiger partial charge in [-0.05, 0) is 26.1 Å². The number of Topliss-reactive ketones (excluding diaryl/α,β-unsaturated/α-hetero) is 1. The molecule has 0 bridgehead atoms. The van der Waals surface area contributed by atoms with Crippen molar-refractivity contribution in [2.24, 2.45) is 0 Å². The van der Waals surface area contributed by atoms with E-state index in [0.717, 1.165) is 16.9 Å². The summed E-state index contributed by atoms with van der Waals surface area (Å²) in [6.07, 6.45) is 0. The fourth-order valence-corrected chi connectivity index (χ4v) is 3.92. The molecule has 0 aliphatic carbocycles. The van der Waals surface area contributed by atoms with Crippen LogP contribution in [0.1, 0.15) is 20.8 Å². The van der Waals surface area contributed by atoms with Crippen molar-refractivity contribution in [2.75, 3.05) is 7.05 Å². The standard InChI is InChI=1S/C15H16N2O4S2/c1-10-3-5-11(6-4-10)14(18)15(19)17-9-12-7-8-13(22-12)23(20,21)16-2/h3-8,16H,9H2,1-2H3,(H,17,19). The Balaban J connectivity index is 1.99. The molecular weight excluding hydrogens is 336 g/mol. The molecule has 0 unspecified atom stereocenters. The van der Waals surface area contributed by atoms with E-state index in [2.05, 4.69) is 10.0 Å². The number of thiophene rings is 1. The second-order valence-electron chi connectivity index (χ2n) is 4.81. The van der Waals surface area contributed by atoms with E-state index in [-0.39, 0.29) is 10.8 Å². The second kappa shape index (κ2) is 7.03. The lowest BCUT2D eigenvalue weighted by Crippen LogP contribution is -2.30. The van der Waals surface area contributed by atoms with Crippen LogP contribution < -0.4 is 10.0 Å². The molecular formula is C15H16N2O4S2. The fraction of sp³-hybridized carbons (Fsp3) is 0.200. The van der Waals surface area contributed by atoms with Crippen LogP contribution in [0.2, 0.25) is 0 Å². The highest BCUT2D eigenvalue weighted by atomic mass is 32.2. The normalized spacial score (nSPS) is 11.2. The molecule has 23 heavy (non-hydrogen) atoms. The number of nitrogens with one attached hydrogen (secondary N) is 2. The van der Waals surface area contributed by atoms with Gasteiger partial charge in [-0.25, -0.2) is 13.1 Å². The first-order valence-electron chi connectivity index (χ1n) is 6.75. The summed E-state index contributed by atoms with van der Waals surface area (Å²) in [5.41, 5.74) is 1.32. The maximum atomic E-state index is 12.0. The van der Waals surface area contributed by atoms with Gasteiger partial charge in [0, 0.05) is 10.4 Å².